The van der Waals surface area contributed by atoms with E-state index in [1.54, 1.807) is 18.2 Å². The molecule has 0 N–H and O–H groups in total. The van der Waals surface area contributed by atoms with Crippen LogP contribution in [0.15, 0.2) is 52.1 Å². The number of methoxy groups -OCH3 is 1. The van der Waals surface area contributed by atoms with Gasteiger partial charge < -0.3 is 14.5 Å². The second kappa shape index (κ2) is 8.25. The fourth-order valence-corrected chi connectivity index (χ4v) is 3.67. The first-order chi connectivity index (χ1) is 14.1. The van der Waals surface area contributed by atoms with Crippen LogP contribution in [0.3, 0.4) is 0 Å². The normalized spacial score (nSPS) is 18.6. The van der Waals surface area contributed by atoms with Crippen molar-refractivity contribution in [3.8, 4) is 5.75 Å². The van der Waals surface area contributed by atoms with Gasteiger partial charge in [0.1, 0.15) is 11.6 Å². The van der Waals surface area contributed by atoms with E-state index < -0.39 is 29.9 Å². The molecule has 30 heavy (non-hydrogen) atoms. The van der Waals surface area contributed by atoms with Crippen LogP contribution in [-0.2, 0) is 16.2 Å². The Morgan fingerprint density at radius 2 is 1.93 bits per heavy atom. The summed E-state index contributed by atoms with van der Waals surface area (Å²) in [4.78, 5) is 18.5. The number of halogens is 5. The van der Waals surface area contributed by atoms with Crippen molar-refractivity contribution in [3.63, 3.8) is 0 Å². The van der Waals surface area contributed by atoms with Crippen molar-refractivity contribution in [3.05, 3.63) is 63.9 Å². The van der Waals surface area contributed by atoms with E-state index in [-0.39, 0.29) is 17.8 Å². The molecule has 1 aliphatic heterocycles. The number of hydrogen-bond acceptors (Lipinski definition) is 4. The molecule has 5 nitrogen and oxygen atoms in total. The quantitative estimate of drug-likeness (QED) is 0.574. The summed E-state index contributed by atoms with van der Waals surface area (Å²) in [6.07, 6.45) is -5.82. The number of amides is 1. The molecule has 0 aliphatic carbocycles. The summed E-state index contributed by atoms with van der Waals surface area (Å²) < 4.78 is 60.7. The molecule has 0 spiro atoms. The van der Waals surface area contributed by atoms with E-state index in [0.717, 1.165) is 17.0 Å². The average molecular weight is 489 g/mol. The van der Waals surface area contributed by atoms with Gasteiger partial charge in [-0.2, -0.15) is 13.2 Å². The highest BCUT2D eigenvalue weighted by Crippen LogP contribution is 2.42. The van der Waals surface area contributed by atoms with Gasteiger partial charge in [-0.25, -0.2) is 4.39 Å². The molecule has 1 atom stereocenters. The number of carbonyl (C=O) groups excluding carboxylic acids is 1. The highest BCUT2D eigenvalue weighted by atomic mass is 79.9. The molecule has 10 heteroatoms. The molecule has 3 rings (SSSR count). The van der Waals surface area contributed by atoms with Crippen molar-refractivity contribution in [2.45, 2.75) is 24.7 Å². The first-order valence-corrected chi connectivity index (χ1v) is 9.52. The second-order valence-corrected chi connectivity index (χ2v) is 7.62. The van der Waals surface area contributed by atoms with Crippen molar-refractivity contribution in [2.75, 3.05) is 14.2 Å². The molecule has 1 heterocycles. The van der Waals surface area contributed by atoms with Crippen LogP contribution in [0, 0.1) is 5.82 Å². The molecular formula is C20H17BrF4N2O3. The molecule has 0 radical (unpaired) electrons. The molecular weight excluding hydrogens is 472 g/mol. The Labute approximate surface area is 178 Å². The molecule has 0 bridgehead atoms. The van der Waals surface area contributed by atoms with Gasteiger partial charge >= 0.3 is 11.8 Å². The zero-order valence-electron chi connectivity index (χ0n) is 16.0. The summed E-state index contributed by atoms with van der Waals surface area (Å²) in [6.45, 7) is -0.0888. The van der Waals surface area contributed by atoms with Gasteiger partial charge in [-0.05, 0) is 51.3 Å². The van der Waals surface area contributed by atoms with Gasteiger partial charge in [0.05, 0.1) is 23.7 Å². The summed E-state index contributed by atoms with van der Waals surface area (Å²) in [5.74, 6) is -1.26. The third-order valence-electron chi connectivity index (χ3n) is 4.69. The lowest BCUT2D eigenvalue weighted by molar-refractivity contribution is -0.263. The van der Waals surface area contributed by atoms with Gasteiger partial charge in [-0.15, -0.1) is 0 Å². The fraction of sp³-hybridized carbons (Fsp3) is 0.300. The van der Waals surface area contributed by atoms with Crippen molar-refractivity contribution in [2.24, 2.45) is 5.16 Å². The van der Waals surface area contributed by atoms with E-state index >= 15 is 0 Å². The Hall–Kier alpha value is -2.62. The monoisotopic (exact) mass is 488 g/mol. The molecule has 2 aromatic rings. The predicted molar refractivity (Wildman–Crippen MR) is 105 cm³/mol. The third-order valence-corrected chi connectivity index (χ3v) is 5.31. The van der Waals surface area contributed by atoms with Crippen LogP contribution in [0.1, 0.15) is 17.5 Å². The van der Waals surface area contributed by atoms with Gasteiger partial charge in [0.25, 0.3) is 5.91 Å². The zero-order chi connectivity index (χ0) is 22.1. The molecule has 1 unspecified atom stereocenters. The minimum atomic E-state index is -5.01. The highest BCUT2D eigenvalue weighted by Gasteiger charge is 2.67. The van der Waals surface area contributed by atoms with Crippen LogP contribution in [0.25, 0.3) is 0 Å². The molecule has 1 aliphatic rings. The van der Waals surface area contributed by atoms with Crippen LogP contribution in [-0.4, -0.2) is 42.5 Å². The number of hydrogen-bond donors (Lipinski definition) is 0. The van der Waals surface area contributed by atoms with E-state index in [2.05, 4.69) is 21.1 Å². The van der Waals surface area contributed by atoms with E-state index in [1.165, 1.54) is 26.3 Å². The first kappa shape index (κ1) is 22.1. The molecule has 0 saturated heterocycles. The van der Waals surface area contributed by atoms with Gasteiger partial charge in [-0.1, -0.05) is 23.4 Å². The van der Waals surface area contributed by atoms with Crippen LogP contribution in [0.2, 0.25) is 0 Å². The van der Waals surface area contributed by atoms with E-state index in [1.807, 2.05) is 0 Å². The topological polar surface area (TPSA) is 51.1 Å². The Balaban J connectivity index is 1.83. The van der Waals surface area contributed by atoms with Gasteiger partial charge in [0, 0.05) is 13.6 Å². The van der Waals surface area contributed by atoms with Crippen LogP contribution >= 0.6 is 15.9 Å². The summed E-state index contributed by atoms with van der Waals surface area (Å²) in [5.41, 5.74) is -2.39. The van der Waals surface area contributed by atoms with Crippen molar-refractivity contribution < 1.29 is 31.9 Å². The molecule has 0 fully saturated rings. The summed E-state index contributed by atoms with van der Waals surface area (Å²) in [5, 5.41) is 3.51. The van der Waals surface area contributed by atoms with Crippen LogP contribution < -0.4 is 4.74 Å². The van der Waals surface area contributed by atoms with Crippen LogP contribution in [0.4, 0.5) is 17.6 Å². The third kappa shape index (κ3) is 4.14. The standard InChI is InChI=1S/C20H17BrF4N2O3/c1-27(11-12-3-8-17(29-2)15(21)9-12)18(28)19(20(23,24)25)10-16(26-30-19)13-4-6-14(22)7-5-13/h3-9H,10-11H2,1-2H3. The number of carbonyl (C=O) groups is 1. The lowest BCUT2D eigenvalue weighted by Gasteiger charge is -2.31. The number of oxime groups is 1. The van der Waals surface area contributed by atoms with Crippen LogP contribution in [0.5, 0.6) is 5.75 Å². The summed E-state index contributed by atoms with van der Waals surface area (Å²) in [7, 11) is 2.74. The molecule has 1 amide bonds. The minimum absolute atomic E-state index is 0.0822. The Morgan fingerprint density at radius 3 is 2.50 bits per heavy atom. The van der Waals surface area contributed by atoms with Crippen molar-refractivity contribution >= 4 is 27.5 Å². The predicted octanol–water partition coefficient (Wildman–Crippen LogP) is 4.68. The maximum atomic E-state index is 14.0. The Bertz CT molecular complexity index is 979. The smallest absolute Gasteiger partial charge is 0.440 e. The van der Waals surface area contributed by atoms with Gasteiger partial charge in [-0.3, -0.25) is 4.79 Å². The Kier molecular flexibility index (Phi) is 6.07. The van der Waals surface area contributed by atoms with E-state index in [0.29, 0.717) is 15.8 Å². The van der Waals surface area contributed by atoms with E-state index in [9.17, 15) is 22.4 Å². The van der Waals surface area contributed by atoms with Gasteiger partial charge in [0.2, 0.25) is 0 Å². The molecule has 0 aromatic heterocycles. The minimum Gasteiger partial charge on any atom is -0.496 e. The number of rotatable bonds is 5. The lowest BCUT2D eigenvalue weighted by atomic mass is 9.92. The fourth-order valence-electron chi connectivity index (χ4n) is 3.08. The van der Waals surface area contributed by atoms with E-state index in [4.69, 9.17) is 9.57 Å². The number of likely N-dealkylation sites (N-methyl/N-ethyl adjacent to an activating group) is 1. The number of nitrogens with zero attached hydrogens (tertiary/aromatic N) is 2. The highest BCUT2D eigenvalue weighted by molar-refractivity contribution is 9.10. The second-order valence-electron chi connectivity index (χ2n) is 6.77. The van der Waals surface area contributed by atoms with Crippen molar-refractivity contribution in [1.82, 2.24) is 4.90 Å². The largest absolute Gasteiger partial charge is 0.496 e. The summed E-state index contributed by atoms with van der Waals surface area (Å²) in [6, 6.07) is 9.70. The molecule has 0 saturated carbocycles. The average Bonchev–Trinajstić information content (AvgIpc) is 3.15. The first-order valence-electron chi connectivity index (χ1n) is 8.73. The Morgan fingerprint density at radius 1 is 1.27 bits per heavy atom. The SMILES string of the molecule is COc1ccc(CN(C)C(=O)C2(C(F)(F)F)CC(c3ccc(F)cc3)=NO2)cc1Br. The number of ether oxygens (including phenoxy) is 1. The number of benzene rings is 2. The van der Waals surface area contributed by atoms with Gasteiger partial charge in [0.15, 0.2) is 0 Å². The molecule has 160 valence electrons. The maximum Gasteiger partial charge on any atom is 0.440 e. The van der Waals surface area contributed by atoms with Crippen molar-refractivity contribution in [1.29, 1.82) is 0 Å². The zero-order valence-corrected chi connectivity index (χ0v) is 17.6. The number of alkyl halides is 3. The molecule has 2 aromatic carbocycles. The lowest BCUT2D eigenvalue weighted by Crippen LogP contribution is -2.57. The maximum absolute atomic E-state index is 14.0. The summed E-state index contributed by atoms with van der Waals surface area (Å²) >= 11 is 3.30.